The zero-order chi connectivity index (χ0) is 13.7. The van der Waals surface area contributed by atoms with E-state index in [0.717, 1.165) is 22.3 Å². The normalized spacial score (nSPS) is 12.2. The van der Waals surface area contributed by atoms with Gasteiger partial charge >= 0.3 is 0 Å². The molecule has 100 valence electrons. The molecule has 1 aromatic carbocycles. The number of ether oxygens (including phenoxy) is 1. The molecule has 1 N–H and O–H groups in total. The predicted molar refractivity (Wildman–Crippen MR) is 80.5 cm³/mol. The average Bonchev–Trinajstić information content (AvgIpc) is 2.45. The summed E-state index contributed by atoms with van der Waals surface area (Å²) in [6.45, 7) is 2.99. The molecule has 1 unspecified atom stereocenters. The molecule has 19 heavy (non-hydrogen) atoms. The number of aromatic nitrogens is 1. The Hall–Kier alpha value is -1.39. The second kappa shape index (κ2) is 6.68. The number of hydrogen-bond donors (Lipinski definition) is 1. The third-order valence-corrected chi connectivity index (χ3v) is 3.35. The van der Waals surface area contributed by atoms with Gasteiger partial charge in [0.2, 0.25) is 0 Å². The average molecular weight is 321 g/mol. The fourth-order valence-corrected chi connectivity index (χ4v) is 2.40. The Labute approximate surface area is 122 Å². The van der Waals surface area contributed by atoms with Crippen LogP contribution in [0.25, 0.3) is 0 Å². The maximum atomic E-state index is 5.19. The minimum absolute atomic E-state index is 0.140. The second-order valence-corrected chi connectivity index (χ2v) is 5.12. The monoisotopic (exact) mass is 320 g/mol. The van der Waals surface area contributed by atoms with Gasteiger partial charge < -0.3 is 10.1 Å². The summed E-state index contributed by atoms with van der Waals surface area (Å²) >= 11 is 3.47. The maximum absolute atomic E-state index is 5.19. The highest BCUT2D eigenvalue weighted by Gasteiger charge is 2.13. The van der Waals surface area contributed by atoms with Gasteiger partial charge in [0.15, 0.2) is 0 Å². The van der Waals surface area contributed by atoms with Gasteiger partial charge in [-0.1, -0.05) is 19.1 Å². The van der Waals surface area contributed by atoms with Gasteiger partial charge in [-0.25, -0.2) is 0 Å². The summed E-state index contributed by atoms with van der Waals surface area (Å²) in [5.74, 6) is 0.867. The predicted octanol–water partition coefficient (Wildman–Crippen LogP) is 3.55. The van der Waals surface area contributed by atoms with Crippen LogP contribution in [-0.4, -0.2) is 18.6 Å². The number of methoxy groups -OCH3 is 1. The fraction of sp³-hybridized carbons (Fsp3) is 0.267. The molecule has 0 aliphatic rings. The Kier molecular flexibility index (Phi) is 4.93. The lowest BCUT2D eigenvalue weighted by Crippen LogP contribution is -2.22. The van der Waals surface area contributed by atoms with Crippen molar-refractivity contribution < 1.29 is 4.74 Å². The molecule has 4 heteroatoms. The van der Waals surface area contributed by atoms with Gasteiger partial charge in [0, 0.05) is 16.9 Å². The molecule has 2 rings (SSSR count). The van der Waals surface area contributed by atoms with E-state index in [2.05, 4.69) is 51.4 Å². The van der Waals surface area contributed by atoms with Crippen LogP contribution in [0.2, 0.25) is 0 Å². The largest absolute Gasteiger partial charge is 0.497 e. The molecule has 3 nitrogen and oxygen atoms in total. The molecule has 1 aromatic heterocycles. The van der Waals surface area contributed by atoms with Crippen molar-refractivity contribution in [1.29, 1.82) is 0 Å². The number of hydrogen-bond acceptors (Lipinski definition) is 3. The van der Waals surface area contributed by atoms with Crippen LogP contribution in [-0.2, 0) is 0 Å². The summed E-state index contributed by atoms with van der Waals surface area (Å²) in [6, 6.07) is 10.3. The number of benzene rings is 1. The molecule has 0 bridgehead atoms. The third kappa shape index (κ3) is 3.55. The highest BCUT2D eigenvalue weighted by atomic mass is 79.9. The number of nitrogens with zero attached hydrogens (tertiary/aromatic N) is 1. The topological polar surface area (TPSA) is 34.1 Å². The van der Waals surface area contributed by atoms with E-state index in [1.165, 1.54) is 5.56 Å². The number of pyridine rings is 1. The molecule has 1 atom stereocenters. The SMILES string of the molecule is CCNC(c1ccc(OC)cc1)c1cncc(Br)c1. The molecular formula is C15H17BrN2O. The van der Waals surface area contributed by atoms with E-state index in [1.54, 1.807) is 13.3 Å². The molecule has 0 spiro atoms. The van der Waals surface area contributed by atoms with E-state index in [9.17, 15) is 0 Å². The van der Waals surface area contributed by atoms with Gasteiger partial charge in [0.05, 0.1) is 13.2 Å². The van der Waals surface area contributed by atoms with Crippen molar-refractivity contribution in [1.82, 2.24) is 10.3 Å². The lowest BCUT2D eigenvalue weighted by Gasteiger charge is -2.19. The summed E-state index contributed by atoms with van der Waals surface area (Å²) in [7, 11) is 1.68. The van der Waals surface area contributed by atoms with E-state index in [4.69, 9.17) is 4.74 Å². The zero-order valence-corrected chi connectivity index (χ0v) is 12.6. The summed E-state index contributed by atoms with van der Waals surface area (Å²) < 4.78 is 6.18. The van der Waals surface area contributed by atoms with Crippen molar-refractivity contribution in [2.45, 2.75) is 13.0 Å². The maximum Gasteiger partial charge on any atom is 0.118 e. The van der Waals surface area contributed by atoms with Crippen molar-refractivity contribution in [2.75, 3.05) is 13.7 Å². The van der Waals surface area contributed by atoms with Gasteiger partial charge in [0.25, 0.3) is 0 Å². The minimum atomic E-state index is 0.140. The van der Waals surface area contributed by atoms with Crippen LogP contribution in [0.4, 0.5) is 0 Å². The van der Waals surface area contributed by atoms with Gasteiger partial charge in [-0.2, -0.15) is 0 Å². The van der Waals surface area contributed by atoms with Gasteiger partial charge in [-0.15, -0.1) is 0 Å². The summed E-state index contributed by atoms with van der Waals surface area (Å²) in [5.41, 5.74) is 2.34. The quantitative estimate of drug-likeness (QED) is 0.914. The van der Waals surface area contributed by atoms with Crippen LogP contribution in [0.15, 0.2) is 47.2 Å². The molecule has 0 aliphatic heterocycles. The van der Waals surface area contributed by atoms with Crippen molar-refractivity contribution >= 4 is 15.9 Å². The van der Waals surface area contributed by atoms with Crippen LogP contribution in [0.1, 0.15) is 24.1 Å². The van der Waals surface area contributed by atoms with Crippen molar-refractivity contribution in [3.8, 4) is 5.75 Å². The van der Waals surface area contributed by atoms with E-state index < -0.39 is 0 Å². The van der Waals surface area contributed by atoms with Gasteiger partial charge in [-0.05, 0) is 51.8 Å². The van der Waals surface area contributed by atoms with Crippen molar-refractivity contribution in [2.24, 2.45) is 0 Å². The summed E-state index contributed by atoms with van der Waals surface area (Å²) in [4.78, 5) is 4.24. The molecular weight excluding hydrogens is 304 g/mol. The standard InChI is InChI=1S/C15H17BrN2O/c1-3-18-15(12-8-13(16)10-17-9-12)11-4-6-14(19-2)7-5-11/h4-10,15,18H,3H2,1-2H3. The summed E-state index contributed by atoms with van der Waals surface area (Å²) in [5, 5.41) is 3.48. The van der Waals surface area contributed by atoms with Crippen LogP contribution in [0.5, 0.6) is 5.75 Å². The minimum Gasteiger partial charge on any atom is -0.497 e. The number of halogens is 1. The van der Waals surface area contributed by atoms with Crippen LogP contribution in [0.3, 0.4) is 0 Å². The molecule has 1 heterocycles. The first-order valence-electron chi connectivity index (χ1n) is 6.22. The number of rotatable bonds is 5. The van der Waals surface area contributed by atoms with E-state index in [1.807, 2.05) is 18.3 Å². The first-order chi connectivity index (χ1) is 9.24. The highest BCUT2D eigenvalue weighted by Crippen LogP contribution is 2.25. The smallest absolute Gasteiger partial charge is 0.118 e. The summed E-state index contributed by atoms with van der Waals surface area (Å²) in [6.07, 6.45) is 3.68. The Bertz CT molecular complexity index is 528. The molecule has 2 aromatic rings. The second-order valence-electron chi connectivity index (χ2n) is 4.20. The first-order valence-corrected chi connectivity index (χ1v) is 7.01. The fourth-order valence-electron chi connectivity index (χ4n) is 2.01. The zero-order valence-electron chi connectivity index (χ0n) is 11.1. The lowest BCUT2D eigenvalue weighted by atomic mass is 10.00. The Morgan fingerprint density at radius 3 is 2.53 bits per heavy atom. The Balaban J connectivity index is 2.33. The van der Waals surface area contributed by atoms with E-state index in [-0.39, 0.29) is 6.04 Å². The van der Waals surface area contributed by atoms with Gasteiger partial charge in [-0.3, -0.25) is 4.98 Å². The molecule has 0 saturated carbocycles. The molecule has 0 aliphatic carbocycles. The van der Waals surface area contributed by atoms with Crippen molar-refractivity contribution in [3.05, 3.63) is 58.3 Å². The van der Waals surface area contributed by atoms with E-state index >= 15 is 0 Å². The Morgan fingerprint density at radius 1 is 1.21 bits per heavy atom. The van der Waals surface area contributed by atoms with Crippen LogP contribution < -0.4 is 10.1 Å². The van der Waals surface area contributed by atoms with Crippen LogP contribution >= 0.6 is 15.9 Å². The van der Waals surface area contributed by atoms with Gasteiger partial charge in [0.1, 0.15) is 5.75 Å². The Morgan fingerprint density at radius 2 is 1.95 bits per heavy atom. The lowest BCUT2D eigenvalue weighted by molar-refractivity contribution is 0.414. The molecule has 0 radical (unpaired) electrons. The van der Waals surface area contributed by atoms with Crippen LogP contribution in [0, 0.1) is 0 Å². The molecule has 0 saturated heterocycles. The molecule has 0 fully saturated rings. The van der Waals surface area contributed by atoms with Crippen molar-refractivity contribution in [3.63, 3.8) is 0 Å². The first kappa shape index (κ1) is 14.0. The third-order valence-electron chi connectivity index (χ3n) is 2.92. The molecule has 0 amide bonds. The highest BCUT2D eigenvalue weighted by molar-refractivity contribution is 9.10. The van der Waals surface area contributed by atoms with E-state index in [0.29, 0.717) is 0 Å². The number of nitrogens with one attached hydrogen (secondary N) is 1.